The van der Waals surface area contributed by atoms with Crippen molar-refractivity contribution in [2.45, 2.75) is 31.4 Å². The number of nitrogens with zero attached hydrogens (tertiary/aromatic N) is 1. The lowest BCUT2D eigenvalue weighted by Crippen LogP contribution is -2.29. The zero-order valence-corrected chi connectivity index (χ0v) is 11.1. The predicted octanol–water partition coefficient (Wildman–Crippen LogP) is 2.51. The first kappa shape index (κ1) is 12.9. The summed E-state index contributed by atoms with van der Waals surface area (Å²) in [6.45, 7) is 0. The molecule has 0 spiro atoms. The molecule has 2 aromatic rings. The van der Waals surface area contributed by atoms with E-state index in [0.717, 1.165) is 19.3 Å². The van der Waals surface area contributed by atoms with E-state index in [0.29, 0.717) is 17.1 Å². The molecule has 0 radical (unpaired) electrons. The maximum Gasteiger partial charge on any atom is 0.335 e. The van der Waals surface area contributed by atoms with Crippen LogP contribution in [0.15, 0.2) is 22.6 Å². The number of ether oxygens (including phenoxy) is 1. The number of aromatic carboxylic acids is 1. The SMILES string of the molecule is COC1CCCC1Nc1nc2ccc(C(=O)O)cc2o1. The van der Waals surface area contributed by atoms with Gasteiger partial charge in [-0.25, -0.2) is 4.79 Å². The van der Waals surface area contributed by atoms with Crippen LogP contribution in [0.3, 0.4) is 0 Å². The molecule has 3 rings (SSSR count). The number of fused-ring (bicyclic) bond motifs is 1. The van der Waals surface area contributed by atoms with Crippen LogP contribution >= 0.6 is 0 Å². The van der Waals surface area contributed by atoms with E-state index in [1.54, 1.807) is 13.2 Å². The molecule has 1 saturated carbocycles. The second-order valence-electron chi connectivity index (χ2n) is 4.96. The third-order valence-electron chi connectivity index (χ3n) is 3.70. The number of carboxylic acid groups (broad SMARTS) is 1. The van der Waals surface area contributed by atoms with Crippen molar-refractivity contribution < 1.29 is 19.1 Å². The van der Waals surface area contributed by atoms with Crippen LogP contribution in [0.5, 0.6) is 0 Å². The third kappa shape index (κ3) is 2.34. The fourth-order valence-corrected chi connectivity index (χ4v) is 2.65. The van der Waals surface area contributed by atoms with E-state index in [2.05, 4.69) is 10.3 Å². The van der Waals surface area contributed by atoms with Gasteiger partial charge in [0.15, 0.2) is 5.58 Å². The summed E-state index contributed by atoms with van der Waals surface area (Å²) in [6.07, 6.45) is 3.31. The molecule has 6 nitrogen and oxygen atoms in total. The summed E-state index contributed by atoms with van der Waals surface area (Å²) < 4.78 is 11.0. The first-order chi connectivity index (χ1) is 9.67. The number of anilines is 1. The van der Waals surface area contributed by atoms with Crippen molar-refractivity contribution >= 4 is 23.1 Å². The number of nitrogens with one attached hydrogen (secondary N) is 1. The van der Waals surface area contributed by atoms with E-state index < -0.39 is 5.97 Å². The van der Waals surface area contributed by atoms with Crippen molar-refractivity contribution in [3.8, 4) is 0 Å². The Morgan fingerprint density at radius 2 is 2.35 bits per heavy atom. The summed E-state index contributed by atoms with van der Waals surface area (Å²) in [6, 6.07) is 5.25. The van der Waals surface area contributed by atoms with Gasteiger partial charge in [0.1, 0.15) is 5.52 Å². The van der Waals surface area contributed by atoms with Gasteiger partial charge in [0, 0.05) is 7.11 Å². The molecule has 1 aromatic heterocycles. The molecule has 106 valence electrons. The number of carboxylic acids is 1. The molecule has 1 aromatic carbocycles. The van der Waals surface area contributed by atoms with Gasteiger partial charge < -0.3 is 19.6 Å². The highest BCUT2D eigenvalue weighted by Gasteiger charge is 2.28. The molecule has 20 heavy (non-hydrogen) atoms. The zero-order chi connectivity index (χ0) is 14.1. The maximum atomic E-state index is 10.9. The van der Waals surface area contributed by atoms with Crippen LogP contribution in [0.25, 0.3) is 11.1 Å². The first-order valence-corrected chi connectivity index (χ1v) is 6.60. The molecule has 2 unspecified atom stereocenters. The van der Waals surface area contributed by atoms with Gasteiger partial charge in [-0.2, -0.15) is 4.98 Å². The van der Waals surface area contributed by atoms with Crippen molar-refractivity contribution in [1.82, 2.24) is 4.98 Å². The quantitative estimate of drug-likeness (QED) is 0.892. The van der Waals surface area contributed by atoms with Gasteiger partial charge in [-0.15, -0.1) is 0 Å². The average molecular weight is 276 g/mol. The number of benzene rings is 1. The Labute approximate surface area is 115 Å². The summed E-state index contributed by atoms with van der Waals surface area (Å²) >= 11 is 0. The molecule has 1 heterocycles. The lowest BCUT2D eigenvalue weighted by atomic mass is 10.2. The average Bonchev–Trinajstić information content (AvgIpc) is 3.03. The van der Waals surface area contributed by atoms with Crippen LogP contribution in [-0.2, 0) is 4.74 Å². The third-order valence-corrected chi connectivity index (χ3v) is 3.70. The van der Waals surface area contributed by atoms with Crippen LogP contribution in [0.4, 0.5) is 6.01 Å². The highest BCUT2D eigenvalue weighted by Crippen LogP contribution is 2.27. The molecule has 0 bridgehead atoms. The smallest absolute Gasteiger partial charge is 0.335 e. The topological polar surface area (TPSA) is 84.6 Å². The van der Waals surface area contributed by atoms with Crippen LogP contribution in [0.2, 0.25) is 0 Å². The van der Waals surface area contributed by atoms with Gasteiger partial charge in [0.2, 0.25) is 0 Å². The number of oxazole rings is 1. The van der Waals surface area contributed by atoms with Gasteiger partial charge in [0.25, 0.3) is 6.01 Å². The van der Waals surface area contributed by atoms with Crippen molar-refractivity contribution in [3.63, 3.8) is 0 Å². The summed E-state index contributed by atoms with van der Waals surface area (Å²) in [5.74, 6) is -0.979. The summed E-state index contributed by atoms with van der Waals surface area (Å²) in [5, 5.41) is 12.2. The molecule has 1 aliphatic rings. The Kier molecular flexibility index (Phi) is 3.31. The van der Waals surface area contributed by atoms with Gasteiger partial charge in [-0.05, 0) is 37.5 Å². The zero-order valence-electron chi connectivity index (χ0n) is 11.1. The number of rotatable bonds is 4. The Bertz CT molecular complexity index is 637. The van der Waals surface area contributed by atoms with E-state index in [-0.39, 0.29) is 17.7 Å². The lowest BCUT2D eigenvalue weighted by Gasteiger charge is -2.18. The second kappa shape index (κ2) is 5.13. The molecular weight excluding hydrogens is 260 g/mol. The molecule has 0 amide bonds. The van der Waals surface area contributed by atoms with Gasteiger partial charge >= 0.3 is 5.97 Å². The molecule has 0 aliphatic heterocycles. The van der Waals surface area contributed by atoms with Gasteiger partial charge in [0.05, 0.1) is 17.7 Å². The van der Waals surface area contributed by atoms with Crippen molar-refractivity contribution in [3.05, 3.63) is 23.8 Å². The standard InChI is InChI=1S/C14H16N2O4/c1-19-11-4-2-3-9(11)15-14-16-10-6-5-8(13(17)18)7-12(10)20-14/h5-7,9,11H,2-4H2,1H3,(H,15,16)(H,17,18). The minimum atomic E-state index is -0.979. The number of hydrogen-bond donors (Lipinski definition) is 2. The summed E-state index contributed by atoms with van der Waals surface area (Å²) in [7, 11) is 1.70. The van der Waals surface area contributed by atoms with Gasteiger partial charge in [-0.3, -0.25) is 0 Å². The monoisotopic (exact) mass is 276 g/mol. The lowest BCUT2D eigenvalue weighted by molar-refractivity contribution is 0.0697. The largest absolute Gasteiger partial charge is 0.478 e. The Morgan fingerprint density at radius 3 is 3.10 bits per heavy atom. The molecule has 2 atom stereocenters. The minimum absolute atomic E-state index is 0.166. The molecular formula is C14H16N2O4. The molecule has 6 heteroatoms. The van der Waals surface area contributed by atoms with E-state index in [1.807, 2.05) is 0 Å². The second-order valence-corrected chi connectivity index (χ2v) is 4.96. The van der Waals surface area contributed by atoms with Crippen molar-refractivity contribution in [2.75, 3.05) is 12.4 Å². The number of carbonyl (C=O) groups is 1. The maximum absolute atomic E-state index is 10.9. The van der Waals surface area contributed by atoms with Crippen molar-refractivity contribution in [2.24, 2.45) is 0 Å². The Hall–Kier alpha value is -2.08. The number of methoxy groups -OCH3 is 1. The van der Waals surface area contributed by atoms with Crippen LogP contribution in [0.1, 0.15) is 29.6 Å². The van der Waals surface area contributed by atoms with E-state index >= 15 is 0 Å². The van der Waals surface area contributed by atoms with Crippen molar-refractivity contribution in [1.29, 1.82) is 0 Å². The fraction of sp³-hybridized carbons (Fsp3) is 0.429. The molecule has 1 fully saturated rings. The summed E-state index contributed by atoms with van der Waals surface area (Å²) in [5.41, 5.74) is 1.31. The normalized spacial score (nSPS) is 22.2. The number of hydrogen-bond acceptors (Lipinski definition) is 5. The minimum Gasteiger partial charge on any atom is -0.478 e. The van der Waals surface area contributed by atoms with E-state index in [1.165, 1.54) is 12.1 Å². The van der Waals surface area contributed by atoms with E-state index in [4.69, 9.17) is 14.3 Å². The van der Waals surface area contributed by atoms with Gasteiger partial charge in [-0.1, -0.05) is 0 Å². The van der Waals surface area contributed by atoms with Crippen LogP contribution in [-0.4, -0.2) is 35.3 Å². The Balaban J connectivity index is 1.84. The Morgan fingerprint density at radius 1 is 1.50 bits per heavy atom. The fourth-order valence-electron chi connectivity index (χ4n) is 2.65. The summed E-state index contributed by atoms with van der Waals surface area (Å²) in [4.78, 5) is 15.2. The molecule has 2 N–H and O–H groups in total. The predicted molar refractivity (Wildman–Crippen MR) is 73.0 cm³/mol. The highest BCUT2D eigenvalue weighted by atomic mass is 16.5. The van der Waals surface area contributed by atoms with Crippen LogP contribution < -0.4 is 5.32 Å². The molecule has 1 aliphatic carbocycles. The van der Waals surface area contributed by atoms with Crippen LogP contribution in [0, 0.1) is 0 Å². The number of aromatic nitrogens is 1. The molecule has 0 saturated heterocycles. The first-order valence-electron chi connectivity index (χ1n) is 6.60. The van der Waals surface area contributed by atoms with E-state index in [9.17, 15) is 4.79 Å². The highest BCUT2D eigenvalue weighted by molar-refractivity contribution is 5.92.